The highest BCUT2D eigenvalue weighted by Gasteiger charge is 2.33. The molecule has 0 unspecified atom stereocenters. The van der Waals surface area contributed by atoms with Gasteiger partial charge in [-0.2, -0.15) is 18.3 Å². The number of rotatable bonds is 2. The van der Waals surface area contributed by atoms with Crippen LogP contribution in [-0.4, -0.2) is 11.7 Å². The number of halogens is 4. The second-order valence-corrected chi connectivity index (χ2v) is 3.81. The van der Waals surface area contributed by atoms with Gasteiger partial charge >= 0.3 is 6.18 Å². The number of nitrogens with zero attached hydrogens (tertiary/aromatic N) is 2. The molecular formula is C10H10ClF3N4. The van der Waals surface area contributed by atoms with Crippen molar-refractivity contribution >= 4 is 23.3 Å². The van der Waals surface area contributed by atoms with Crippen LogP contribution in [0.4, 0.5) is 13.2 Å². The monoisotopic (exact) mass is 278 g/mol. The highest BCUT2D eigenvalue weighted by Crippen LogP contribution is 2.35. The van der Waals surface area contributed by atoms with Crippen molar-refractivity contribution in [3.8, 4) is 0 Å². The predicted octanol–water partition coefficient (Wildman–Crippen LogP) is 2.36. The number of alkyl halides is 3. The van der Waals surface area contributed by atoms with E-state index >= 15 is 0 Å². The van der Waals surface area contributed by atoms with Gasteiger partial charge in [-0.05, 0) is 24.6 Å². The summed E-state index contributed by atoms with van der Waals surface area (Å²) >= 11 is 5.49. The molecule has 0 radical (unpaired) electrons. The number of nitrogens with two attached hydrogens (primary N) is 2. The first-order valence-corrected chi connectivity index (χ1v) is 5.10. The molecule has 4 nitrogen and oxygen atoms in total. The molecule has 0 aliphatic heterocycles. The van der Waals surface area contributed by atoms with E-state index in [4.69, 9.17) is 23.1 Å². The summed E-state index contributed by atoms with van der Waals surface area (Å²) in [4.78, 5) is 0. The van der Waals surface area contributed by atoms with Crippen molar-refractivity contribution in [3.05, 3.63) is 34.3 Å². The molecule has 8 heteroatoms. The molecule has 0 aliphatic carbocycles. The maximum absolute atomic E-state index is 12.6. The molecule has 18 heavy (non-hydrogen) atoms. The van der Waals surface area contributed by atoms with Crippen molar-refractivity contribution in [1.82, 2.24) is 0 Å². The zero-order chi connectivity index (χ0) is 13.9. The topological polar surface area (TPSA) is 76.8 Å². The van der Waals surface area contributed by atoms with E-state index in [-0.39, 0.29) is 22.3 Å². The van der Waals surface area contributed by atoms with Gasteiger partial charge in [0, 0.05) is 0 Å². The molecule has 0 amide bonds. The Hall–Kier alpha value is -1.76. The Labute approximate surface area is 106 Å². The van der Waals surface area contributed by atoms with E-state index in [1.54, 1.807) is 0 Å². The van der Waals surface area contributed by atoms with Gasteiger partial charge in [-0.25, -0.2) is 0 Å². The first-order chi connectivity index (χ1) is 8.21. The van der Waals surface area contributed by atoms with Crippen LogP contribution in [0.1, 0.15) is 18.1 Å². The van der Waals surface area contributed by atoms with Crippen LogP contribution >= 0.6 is 11.6 Å². The Morgan fingerprint density at radius 1 is 1.22 bits per heavy atom. The molecule has 0 spiro atoms. The molecule has 0 heterocycles. The van der Waals surface area contributed by atoms with Crippen LogP contribution in [0.25, 0.3) is 0 Å². The third-order valence-electron chi connectivity index (χ3n) is 2.01. The van der Waals surface area contributed by atoms with E-state index in [9.17, 15) is 13.2 Å². The molecule has 1 aromatic carbocycles. The Morgan fingerprint density at radius 2 is 1.83 bits per heavy atom. The van der Waals surface area contributed by atoms with Crippen LogP contribution in [0, 0.1) is 0 Å². The molecule has 0 atom stereocenters. The second kappa shape index (κ2) is 5.26. The summed E-state index contributed by atoms with van der Waals surface area (Å²) in [5.74, 6) is -0.278. The first-order valence-electron chi connectivity index (χ1n) is 4.72. The zero-order valence-corrected chi connectivity index (χ0v) is 10.0. The summed E-state index contributed by atoms with van der Waals surface area (Å²) in [6, 6.07) is 3.44. The van der Waals surface area contributed by atoms with Crippen LogP contribution < -0.4 is 11.5 Å². The predicted molar refractivity (Wildman–Crippen MR) is 64.5 cm³/mol. The molecule has 1 aromatic rings. The average Bonchev–Trinajstić information content (AvgIpc) is 2.24. The molecular weight excluding hydrogens is 269 g/mol. The van der Waals surface area contributed by atoms with Gasteiger partial charge in [0.1, 0.15) is 0 Å². The Bertz CT molecular complexity index is 504. The number of hydrogen-bond donors (Lipinski definition) is 2. The lowest BCUT2D eigenvalue weighted by Gasteiger charge is -2.10. The van der Waals surface area contributed by atoms with Gasteiger partial charge in [0.25, 0.3) is 0 Å². The van der Waals surface area contributed by atoms with Gasteiger partial charge in [0.05, 0.1) is 16.3 Å². The first kappa shape index (κ1) is 14.3. The van der Waals surface area contributed by atoms with Gasteiger partial charge in [-0.3, -0.25) is 0 Å². The highest BCUT2D eigenvalue weighted by molar-refractivity contribution is 6.31. The molecule has 4 N–H and O–H groups in total. The van der Waals surface area contributed by atoms with Crippen LogP contribution in [0.2, 0.25) is 5.02 Å². The lowest BCUT2D eigenvalue weighted by atomic mass is 10.1. The quantitative estimate of drug-likeness (QED) is 0.495. The fraction of sp³-hybridized carbons (Fsp3) is 0.200. The van der Waals surface area contributed by atoms with E-state index in [1.165, 1.54) is 13.0 Å². The van der Waals surface area contributed by atoms with E-state index in [1.807, 2.05) is 0 Å². The summed E-state index contributed by atoms with van der Waals surface area (Å²) in [5.41, 5.74) is 9.67. The van der Waals surface area contributed by atoms with E-state index < -0.39 is 11.7 Å². The standard InChI is InChI=1S/C10H10ClF3N4/c1-5(17-18-9(15)16)6-2-3-8(11)7(4-6)10(12,13)14/h2-4H,1H3,(H4,15,16,18)/b17-5+. The molecule has 1 rings (SSSR count). The summed E-state index contributed by atoms with van der Waals surface area (Å²) < 4.78 is 37.8. The van der Waals surface area contributed by atoms with Crippen molar-refractivity contribution in [2.24, 2.45) is 21.7 Å². The van der Waals surface area contributed by atoms with Crippen LogP contribution in [0.15, 0.2) is 28.4 Å². The van der Waals surface area contributed by atoms with Gasteiger partial charge in [-0.15, -0.1) is 5.10 Å². The van der Waals surface area contributed by atoms with Crippen molar-refractivity contribution in [3.63, 3.8) is 0 Å². The maximum atomic E-state index is 12.6. The fourth-order valence-corrected chi connectivity index (χ4v) is 1.38. The van der Waals surface area contributed by atoms with E-state index in [2.05, 4.69) is 10.2 Å². The Kier molecular flexibility index (Phi) is 4.18. The second-order valence-electron chi connectivity index (χ2n) is 3.40. The van der Waals surface area contributed by atoms with Gasteiger partial charge in [-0.1, -0.05) is 17.7 Å². The van der Waals surface area contributed by atoms with Crippen LogP contribution in [0.5, 0.6) is 0 Å². The van der Waals surface area contributed by atoms with Crippen molar-refractivity contribution in [2.75, 3.05) is 0 Å². The van der Waals surface area contributed by atoms with Crippen molar-refractivity contribution in [1.29, 1.82) is 0 Å². The van der Waals surface area contributed by atoms with Crippen LogP contribution in [-0.2, 0) is 6.18 Å². The Balaban J connectivity index is 3.21. The smallest absolute Gasteiger partial charge is 0.369 e. The van der Waals surface area contributed by atoms with Gasteiger partial charge in [0.2, 0.25) is 5.96 Å². The largest absolute Gasteiger partial charge is 0.417 e. The summed E-state index contributed by atoms with van der Waals surface area (Å²) in [5, 5.41) is 6.58. The normalized spacial score (nSPS) is 12.4. The third kappa shape index (κ3) is 3.63. The van der Waals surface area contributed by atoms with Gasteiger partial charge < -0.3 is 11.5 Å². The molecule has 0 fully saturated rings. The number of hydrogen-bond acceptors (Lipinski definition) is 2. The molecule has 0 aromatic heterocycles. The number of benzene rings is 1. The van der Waals surface area contributed by atoms with Gasteiger partial charge in [0.15, 0.2) is 0 Å². The Morgan fingerprint density at radius 3 is 2.33 bits per heavy atom. The van der Waals surface area contributed by atoms with Crippen molar-refractivity contribution in [2.45, 2.75) is 13.1 Å². The molecule has 0 saturated carbocycles. The molecule has 98 valence electrons. The van der Waals surface area contributed by atoms with E-state index in [0.717, 1.165) is 12.1 Å². The minimum Gasteiger partial charge on any atom is -0.369 e. The summed E-state index contributed by atoms with van der Waals surface area (Å²) in [6.07, 6.45) is -4.52. The van der Waals surface area contributed by atoms with Crippen LogP contribution in [0.3, 0.4) is 0 Å². The zero-order valence-electron chi connectivity index (χ0n) is 9.29. The average molecular weight is 279 g/mol. The summed E-state index contributed by atoms with van der Waals surface area (Å²) in [6.45, 7) is 1.48. The fourth-order valence-electron chi connectivity index (χ4n) is 1.16. The minimum atomic E-state index is -4.52. The lowest BCUT2D eigenvalue weighted by Crippen LogP contribution is -2.22. The maximum Gasteiger partial charge on any atom is 0.417 e. The highest BCUT2D eigenvalue weighted by atomic mass is 35.5. The molecule has 0 aliphatic rings. The van der Waals surface area contributed by atoms with E-state index in [0.29, 0.717) is 0 Å². The van der Waals surface area contributed by atoms with Crippen molar-refractivity contribution < 1.29 is 13.2 Å². The third-order valence-corrected chi connectivity index (χ3v) is 2.33. The molecule has 0 saturated heterocycles. The minimum absolute atomic E-state index is 0.233. The summed E-state index contributed by atoms with van der Waals surface area (Å²) in [7, 11) is 0. The number of guanidine groups is 1. The SMILES string of the molecule is C/C(=N\N=C(N)N)c1ccc(Cl)c(C(F)(F)F)c1. The molecule has 0 bridgehead atoms. The lowest BCUT2D eigenvalue weighted by molar-refractivity contribution is -0.137.